The number of rotatable bonds is 8. The molecular weight excluding hydrogens is 184 g/mol. The van der Waals surface area contributed by atoms with E-state index < -0.39 is 0 Å². The fraction of sp³-hybridized carbons (Fsp3) is 1.00. The van der Waals surface area contributed by atoms with E-state index in [2.05, 4.69) is 45.0 Å². The zero-order valence-corrected chi connectivity index (χ0v) is 11.5. The lowest BCUT2D eigenvalue weighted by molar-refractivity contribution is 0.166. The van der Waals surface area contributed by atoms with Crippen LogP contribution in [0.25, 0.3) is 0 Å². The Hall–Kier alpha value is -0.0800. The largest absolute Gasteiger partial charge is 0.320 e. The molecule has 2 heteroatoms. The smallest absolute Gasteiger partial charge is 0.00691 e. The van der Waals surface area contributed by atoms with Crippen molar-refractivity contribution in [3.8, 4) is 0 Å². The second-order valence-electron chi connectivity index (χ2n) is 5.24. The van der Waals surface area contributed by atoms with Crippen LogP contribution in [0.15, 0.2) is 0 Å². The van der Waals surface area contributed by atoms with Crippen molar-refractivity contribution in [1.29, 1.82) is 0 Å². The van der Waals surface area contributed by atoms with Gasteiger partial charge in [0, 0.05) is 12.1 Å². The lowest BCUT2D eigenvalue weighted by Crippen LogP contribution is -2.37. The molecule has 15 heavy (non-hydrogen) atoms. The summed E-state index contributed by atoms with van der Waals surface area (Å²) in [7, 11) is 4.28. The van der Waals surface area contributed by atoms with Crippen LogP contribution in [0.4, 0.5) is 0 Å². The van der Waals surface area contributed by atoms with Crippen LogP contribution in [0.1, 0.15) is 47.0 Å². The molecule has 0 aliphatic rings. The average Bonchev–Trinajstić information content (AvgIpc) is 2.15. The van der Waals surface area contributed by atoms with E-state index in [-0.39, 0.29) is 0 Å². The highest BCUT2D eigenvalue weighted by atomic mass is 15.1. The highest BCUT2D eigenvalue weighted by Gasteiger charge is 2.16. The molecule has 2 nitrogen and oxygen atoms in total. The van der Waals surface area contributed by atoms with Gasteiger partial charge in [0.1, 0.15) is 0 Å². The first kappa shape index (κ1) is 14.9. The maximum atomic E-state index is 3.20. The van der Waals surface area contributed by atoms with Crippen LogP contribution in [0.2, 0.25) is 0 Å². The Bertz CT molecular complexity index is 145. The summed E-state index contributed by atoms with van der Waals surface area (Å²) in [4.78, 5) is 2.52. The van der Waals surface area contributed by atoms with Crippen molar-refractivity contribution in [3.63, 3.8) is 0 Å². The van der Waals surface area contributed by atoms with Gasteiger partial charge in [-0.1, -0.05) is 13.8 Å². The summed E-state index contributed by atoms with van der Waals surface area (Å²) in [6, 6.07) is 1.40. The third kappa shape index (κ3) is 6.91. The van der Waals surface area contributed by atoms with Crippen molar-refractivity contribution in [1.82, 2.24) is 10.2 Å². The van der Waals surface area contributed by atoms with E-state index in [1.165, 1.54) is 19.3 Å². The molecule has 0 amide bonds. The normalized spacial score (nSPS) is 16.0. The van der Waals surface area contributed by atoms with E-state index >= 15 is 0 Å². The van der Waals surface area contributed by atoms with Crippen LogP contribution < -0.4 is 5.32 Å². The standard InChI is InChI=1S/C13H30N2/c1-11(2)10-13(4)15(6)12(3)8-7-9-14-5/h11-14H,7-10H2,1-6H3. The minimum atomic E-state index is 0.701. The Morgan fingerprint density at radius 2 is 1.67 bits per heavy atom. The van der Waals surface area contributed by atoms with Gasteiger partial charge in [-0.2, -0.15) is 0 Å². The summed E-state index contributed by atoms with van der Waals surface area (Å²) < 4.78 is 0. The molecule has 0 aliphatic carbocycles. The Morgan fingerprint density at radius 3 is 2.13 bits per heavy atom. The molecule has 2 atom stereocenters. The van der Waals surface area contributed by atoms with Crippen molar-refractivity contribution in [2.75, 3.05) is 20.6 Å². The topological polar surface area (TPSA) is 15.3 Å². The Kier molecular flexibility index (Phi) is 8.07. The molecule has 1 N–H and O–H groups in total. The van der Waals surface area contributed by atoms with Crippen molar-refractivity contribution in [2.24, 2.45) is 5.92 Å². The van der Waals surface area contributed by atoms with Crippen molar-refractivity contribution < 1.29 is 0 Å². The van der Waals surface area contributed by atoms with Gasteiger partial charge in [0.25, 0.3) is 0 Å². The molecule has 0 saturated heterocycles. The maximum Gasteiger partial charge on any atom is 0.00691 e. The van der Waals surface area contributed by atoms with E-state index in [0.29, 0.717) is 12.1 Å². The van der Waals surface area contributed by atoms with E-state index in [0.717, 1.165) is 12.5 Å². The summed E-state index contributed by atoms with van der Waals surface area (Å²) in [6.07, 6.45) is 3.86. The average molecular weight is 214 g/mol. The molecule has 0 rings (SSSR count). The molecule has 0 radical (unpaired) electrons. The van der Waals surface area contributed by atoms with Crippen molar-refractivity contribution in [2.45, 2.75) is 59.0 Å². The van der Waals surface area contributed by atoms with E-state index in [1.807, 2.05) is 7.05 Å². The monoisotopic (exact) mass is 214 g/mol. The molecule has 0 fully saturated rings. The minimum Gasteiger partial charge on any atom is -0.320 e. The van der Waals surface area contributed by atoms with Crippen molar-refractivity contribution >= 4 is 0 Å². The summed E-state index contributed by atoms with van der Waals surface area (Å²) >= 11 is 0. The molecule has 0 heterocycles. The van der Waals surface area contributed by atoms with Gasteiger partial charge >= 0.3 is 0 Å². The number of hydrogen-bond donors (Lipinski definition) is 1. The van der Waals surface area contributed by atoms with Gasteiger partial charge < -0.3 is 10.2 Å². The van der Waals surface area contributed by atoms with Gasteiger partial charge in [0.05, 0.1) is 0 Å². The Labute approximate surface area is 96.4 Å². The van der Waals surface area contributed by atoms with Crippen LogP contribution in [0.3, 0.4) is 0 Å². The van der Waals surface area contributed by atoms with Crippen LogP contribution in [0.5, 0.6) is 0 Å². The molecule has 0 aromatic heterocycles. The van der Waals surface area contributed by atoms with Crippen molar-refractivity contribution in [3.05, 3.63) is 0 Å². The van der Waals surface area contributed by atoms with Crippen LogP contribution >= 0.6 is 0 Å². The molecular formula is C13H30N2. The predicted molar refractivity (Wildman–Crippen MR) is 69.3 cm³/mol. The van der Waals surface area contributed by atoms with E-state index in [4.69, 9.17) is 0 Å². The molecule has 2 unspecified atom stereocenters. The van der Waals surface area contributed by atoms with Crippen LogP contribution in [0, 0.1) is 5.92 Å². The first-order valence-electron chi connectivity index (χ1n) is 6.35. The van der Waals surface area contributed by atoms with Crippen LogP contribution in [-0.2, 0) is 0 Å². The van der Waals surface area contributed by atoms with Gasteiger partial charge in [-0.05, 0) is 59.7 Å². The van der Waals surface area contributed by atoms with Crippen LogP contribution in [-0.4, -0.2) is 37.6 Å². The van der Waals surface area contributed by atoms with Gasteiger partial charge in [-0.25, -0.2) is 0 Å². The summed E-state index contributed by atoms with van der Waals surface area (Å²) in [5.74, 6) is 0.798. The Morgan fingerprint density at radius 1 is 1.07 bits per heavy atom. The summed E-state index contributed by atoms with van der Waals surface area (Å²) in [5.41, 5.74) is 0. The number of nitrogens with zero attached hydrogens (tertiary/aromatic N) is 1. The molecule has 0 spiro atoms. The lowest BCUT2D eigenvalue weighted by Gasteiger charge is -2.32. The molecule has 0 bridgehead atoms. The lowest BCUT2D eigenvalue weighted by atomic mass is 10.0. The fourth-order valence-corrected chi connectivity index (χ4v) is 2.06. The zero-order chi connectivity index (χ0) is 11.8. The number of nitrogens with one attached hydrogen (secondary N) is 1. The molecule has 92 valence electrons. The van der Waals surface area contributed by atoms with Gasteiger partial charge in [0.15, 0.2) is 0 Å². The fourth-order valence-electron chi connectivity index (χ4n) is 2.06. The quantitative estimate of drug-likeness (QED) is 0.625. The predicted octanol–water partition coefficient (Wildman–Crippen LogP) is 2.74. The summed E-state index contributed by atoms with van der Waals surface area (Å²) in [6.45, 7) is 10.4. The molecule has 0 saturated carbocycles. The molecule has 0 aromatic rings. The van der Waals surface area contributed by atoms with Gasteiger partial charge in [0.2, 0.25) is 0 Å². The van der Waals surface area contributed by atoms with E-state index in [1.54, 1.807) is 0 Å². The summed E-state index contributed by atoms with van der Waals surface area (Å²) in [5, 5.41) is 3.20. The maximum absolute atomic E-state index is 3.20. The van der Waals surface area contributed by atoms with Gasteiger partial charge in [-0.15, -0.1) is 0 Å². The molecule has 0 aliphatic heterocycles. The Balaban J connectivity index is 3.79. The first-order chi connectivity index (χ1) is 6.99. The number of hydrogen-bond acceptors (Lipinski definition) is 2. The minimum absolute atomic E-state index is 0.701. The molecule has 0 aromatic carbocycles. The van der Waals surface area contributed by atoms with E-state index in [9.17, 15) is 0 Å². The third-order valence-corrected chi connectivity index (χ3v) is 3.25. The first-order valence-corrected chi connectivity index (χ1v) is 6.35. The third-order valence-electron chi connectivity index (χ3n) is 3.25. The second-order valence-corrected chi connectivity index (χ2v) is 5.24. The highest BCUT2D eigenvalue weighted by Crippen LogP contribution is 2.14. The SMILES string of the molecule is CNCCCC(C)N(C)C(C)CC(C)C. The zero-order valence-electron chi connectivity index (χ0n) is 11.5. The highest BCUT2D eigenvalue weighted by molar-refractivity contribution is 4.71. The van der Waals surface area contributed by atoms with Gasteiger partial charge in [-0.3, -0.25) is 0 Å². The second kappa shape index (κ2) is 8.12.